The maximum Gasteiger partial charge on any atom is 0.303 e. The van der Waals surface area contributed by atoms with Gasteiger partial charge in [-0.05, 0) is 60.1 Å². The van der Waals surface area contributed by atoms with Crippen LogP contribution in [0.5, 0.6) is 0 Å². The summed E-state index contributed by atoms with van der Waals surface area (Å²) in [4.78, 5) is 11.3. The number of benzene rings is 2. The van der Waals surface area contributed by atoms with Crippen LogP contribution in [0.1, 0.15) is 42.4 Å². The molecule has 1 aliphatic rings. The van der Waals surface area contributed by atoms with Crippen molar-refractivity contribution < 1.29 is 9.90 Å². The van der Waals surface area contributed by atoms with Crippen molar-refractivity contribution in [2.45, 2.75) is 38.5 Å². The van der Waals surface area contributed by atoms with E-state index in [0.717, 1.165) is 29.8 Å². The molecule has 0 fully saturated rings. The number of rotatable bonds is 6. The molecule has 3 rings (SSSR count). The molecule has 1 aliphatic heterocycles. The summed E-state index contributed by atoms with van der Waals surface area (Å²) < 4.78 is 0. The molecule has 1 atom stereocenters. The van der Waals surface area contributed by atoms with Gasteiger partial charge in [0.05, 0.1) is 6.42 Å². The lowest BCUT2D eigenvalue weighted by Crippen LogP contribution is -2.14. The first-order valence-corrected chi connectivity index (χ1v) is 8.98. The van der Waals surface area contributed by atoms with Gasteiger partial charge < -0.3 is 10.4 Å². The number of anilines is 1. The lowest BCUT2D eigenvalue weighted by Gasteiger charge is -2.24. The first-order chi connectivity index (χ1) is 12.0. The van der Waals surface area contributed by atoms with Gasteiger partial charge in [0.15, 0.2) is 0 Å². The molecule has 3 nitrogen and oxygen atoms in total. The molecule has 0 spiro atoms. The van der Waals surface area contributed by atoms with Gasteiger partial charge in [0.1, 0.15) is 0 Å². The molecule has 4 heteroatoms. The summed E-state index contributed by atoms with van der Waals surface area (Å²) in [6.07, 6.45) is 4.81. The van der Waals surface area contributed by atoms with E-state index >= 15 is 0 Å². The number of carboxylic acid groups (broad SMARTS) is 1. The van der Waals surface area contributed by atoms with Crippen molar-refractivity contribution in [1.82, 2.24) is 0 Å². The van der Waals surface area contributed by atoms with Crippen LogP contribution in [0.15, 0.2) is 54.2 Å². The molecule has 0 saturated heterocycles. The van der Waals surface area contributed by atoms with Crippen LogP contribution in [-0.2, 0) is 17.6 Å². The predicted octanol–water partition coefficient (Wildman–Crippen LogP) is 5.40. The minimum Gasteiger partial charge on any atom is -0.481 e. The lowest BCUT2D eigenvalue weighted by molar-refractivity contribution is -0.137. The van der Waals surface area contributed by atoms with E-state index < -0.39 is 5.97 Å². The Balaban J connectivity index is 1.78. The second-order valence-electron chi connectivity index (χ2n) is 6.45. The quantitative estimate of drug-likeness (QED) is 0.729. The molecule has 0 bridgehead atoms. The first kappa shape index (κ1) is 17.6. The van der Waals surface area contributed by atoms with Crippen molar-refractivity contribution in [3.8, 4) is 0 Å². The second kappa shape index (κ2) is 7.75. The summed E-state index contributed by atoms with van der Waals surface area (Å²) in [5.41, 5.74) is 5.81. The fraction of sp³-hybridized carbons (Fsp3) is 0.286. The van der Waals surface area contributed by atoms with E-state index in [1.54, 1.807) is 0 Å². The Labute approximate surface area is 153 Å². The minimum atomic E-state index is -0.787. The highest BCUT2D eigenvalue weighted by Crippen LogP contribution is 2.32. The van der Waals surface area contributed by atoms with Crippen molar-refractivity contribution in [1.29, 1.82) is 0 Å². The van der Waals surface area contributed by atoms with Gasteiger partial charge in [-0.3, -0.25) is 4.79 Å². The number of nitrogens with one attached hydrogen (secondary N) is 1. The van der Waals surface area contributed by atoms with E-state index in [9.17, 15) is 9.90 Å². The fourth-order valence-corrected chi connectivity index (χ4v) is 3.37. The molecule has 0 aliphatic carbocycles. The number of halogens is 1. The van der Waals surface area contributed by atoms with E-state index in [0.29, 0.717) is 11.4 Å². The van der Waals surface area contributed by atoms with Crippen LogP contribution in [0.25, 0.3) is 0 Å². The molecular weight excluding hydrogens is 334 g/mol. The van der Waals surface area contributed by atoms with E-state index in [-0.39, 0.29) is 12.3 Å². The summed E-state index contributed by atoms with van der Waals surface area (Å²) in [7, 11) is 0. The molecule has 2 aromatic rings. The summed E-state index contributed by atoms with van der Waals surface area (Å²) in [6.45, 7) is 2.14. The zero-order valence-corrected chi connectivity index (χ0v) is 15.0. The number of carbonyl (C=O) groups is 1. The monoisotopic (exact) mass is 355 g/mol. The van der Waals surface area contributed by atoms with Crippen molar-refractivity contribution in [2.24, 2.45) is 0 Å². The average molecular weight is 356 g/mol. The number of allylic oxidation sites excluding steroid dienone is 2. The SMILES string of the molecule is CCc1ccc2c(c1)NC(CC(CC(=O)O)c1ccc(Cl)cc1)=CC2. The Hall–Kier alpha value is -2.26. The first-order valence-electron chi connectivity index (χ1n) is 8.60. The standard InChI is InChI=1S/C21H22ClNO2/c1-2-14-3-4-16-7-10-19(23-20(16)11-14)12-17(13-21(24)25)15-5-8-18(22)9-6-15/h3-6,8-11,17,23H,2,7,12-13H2,1H3,(H,24,25). The Morgan fingerprint density at radius 2 is 2.00 bits per heavy atom. The Morgan fingerprint density at radius 3 is 2.68 bits per heavy atom. The molecule has 25 heavy (non-hydrogen) atoms. The van der Waals surface area contributed by atoms with Gasteiger partial charge in [-0.2, -0.15) is 0 Å². The van der Waals surface area contributed by atoms with Crippen LogP contribution in [0.3, 0.4) is 0 Å². The van der Waals surface area contributed by atoms with Crippen LogP contribution < -0.4 is 5.32 Å². The molecule has 0 aromatic heterocycles. The summed E-state index contributed by atoms with van der Waals surface area (Å²) >= 11 is 5.96. The van der Waals surface area contributed by atoms with Crippen LogP contribution in [0.4, 0.5) is 5.69 Å². The van der Waals surface area contributed by atoms with Crippen molar-refractivity contribution >= 4 is 23.3 Å². The highest BCUT2D eigenvalue weighted by molar-refractivity contribution is 6.30. The average Bonchev–Trinajstić information content (AvgIpc) is 2.61. The topological polar surface area (TPSA) is 49.3 Å². The van der Waals surface area contributed by atoms with Gasteiger partial charge in [0.2, 0.25) is 0 Å². The normalized spacial score (nSPS) is 14.2. The zero-order chi connectivity index (χ0) is 17.8. The Bertz CT molecular complexity index is 796. The molecule has 2 N–H and O–H groups in total. The van der Waals surface area contributed by atoms with E-state index in [1.165, 1.54) is 11.1 Å². The Kier molecular flexibility index (Phi) is 5.44. The molecule has 0 saturated carbocycles. The number of fused-ring (bicyclic) bond motifs is 1. The van der Waals surface area contributed by atoms with Gasteiger partial charge in [-0.15, -0.1) is 0 Å². The lowest BCUT2D eigenvalue weighted by atomic mass is 9.89. The highest BCUT2D eigenvalue weighted by atomic mass is 35.5. The Morgan fingerprint density at radius 1 is 1.24 bits per heavy atom. The predicted molar refractivity (Wildman–Crippen MR) is 102 cm³/mol. The smallest absolute Gasteiger partial charge is 0.303 e. The van der Waals surface area contributed by atoms with Crippen molar-refractivity contribution in [3.63, 3.8) is 0 Å². The van der Waals surface area contributed by atoms with Crippen LogP contribution in [0.2, 0.25) is 5.02 Å². The largest absolute Gasteiger partial charge is 0.481 e. The molecule has 2 aromatic carbocycles. The number of aliphatic carboxylic acids is 1. The van der Waals surface area contributed by atoms with Crippen molar-refractivity contribution in [3.05, 3.63) is 76.0 Å². The maximum atomic E-state index is 11.3. The van der Waals surface area contributed by atoms with Crippen LogP contribution in [0, 0.1) is 0 Å². The van der Waals surface area contributed by atoms with Crippen LogP contribution in [-0.4, -0.2) is 11.1 Å². The van der Waals surface area contributed by atoms with Gasteiger partial charge in [0.25, 0.3) is 0 Å². The molecule has 1 heterocycles. The van der Waals surface area contributed by atoms with Gasteiger partial charge >= 0.3 is 5.97 Å². The molecule has 1 unspecified atom stereocenters. The number of carboxylic acids is 1. The van der Waals surface area contributed by atoms with E-state index in [4.69, 9.17) is 11.6 Å². The fourth-order valence-electron chi connectivity index (χ4n) is 3.25. The van der Waals surface area contributed by atoms with E-state index in [2.05, 4.69) is 36.5 Å². The maximum absolute atomic E-state index is 11.3. The molecular formula is C21H22ClNO2. The molecule has 130 valence electrons. The van der Waals surface area contributed by atoms with Gasteiger partial charge in [-0.25, -0.2) is 0 Å². The zero-order valence-electron chi connectivity index (χ0n) is 14.3. The highest BCUT2D eigenvalue weighted by Gasteiger charge is 2.20. The third-order valence-corrected chi connectivity index (χ3v) is 4.93. The van der Waals surface area contributed by atoms with Crippen molar-refractivity contribution in [2.75, 3.05) is 5.32 Å². The second-order valence-corrected chi connectivity index (χ2v) is 6.89. The number of hydrogen-bond donors (Lipinski definition) is 2. The van der Waals surface area contributed by atoms with E-state index in [1.807, 2.05) is 24.3 Å². The molecule has 0 amide bonds. The van der Waals surface area contributed by atoms with Gasteiger partial charge in [-0.1, -0.05) is 48.9 Å². The summed E-state index contributed by atoms with van der Waals surface area (Å²) in [5, 5.41) is 13.4. The van der Waals surface area contributed by atoms with Crippen LogP contribution >= 0.6 is 11.6 Å². The summed E-state index contributed by atoms with van der Waals surface area (Å²) in [5.74, 6) is -0.866. The molecule has 0 radical (unpaired) electrons. The summed E-state index contributed by atoms with van der Waals surface area (Å²) in [6, 6.07) is 14.0. The van der Waals surface area contributed by atoms with Gasteiger partial charge in [0, 0.05) is 16.4 Å². The number of hydrogen-bond acceptors (Lipinski definition) is 2. The third-order valence-electron chi connectivity index (χ3n) is 4.67. The third kappa shape index (κ3) is 4.43. The number of aryl methyl sites for hydroxylation is 1. The minimum absolute atomic E-state index is 0.0792.